The summed E-state index contributed by atoms with van der Waals surface area (Å²) in [6.07, 6.45) is 7.32. The molecule has 1 aliphatic heterocycles. The van der Waals surface area contributed by atoms with E-state index in [1.807, 2.05) is 18.2 Å². The van der Waals surface area contributed by atoms with E-state index < -0.39 is 0 Å². The van der Waals surface area contributed by atoms with Crippen molar-refractivity contribution in [2.75, 3.05) is 13.1 Å². The summed E-state index contributed by atoms with van der Waals surface area (Å²) in [7, 11) is 0. The van der Waals surface area contributed by atoms with E-state index in [1.54, 1.807) is 18.2 Å². The molecule has 1 aromatic carbocycles. The van der Waals surface area contributed by atoms with Crippen LogP contribution in [-0.4, -0.2) is 23.0 Å². The fraction of sp³-hybridized carbons (Fsp3) is 0.300. The van der Waals surface area contributed by atoms with Crippen LogP contribution in [0.25, 0.3) is 6.08 Å². The number of pyridine rings is 1. The number of likely N-dealkylation sites (tertiary alicyclic amines) is 1. The van der Waals surface area contributed by atoms with Crippen molar-refractivity contribution in [3.8, 4) is 6.07 Å². The highest BCUT2D eigenvalue weighted by molar-refractivity contribution is 5.50. The van der Waals surface area contributed by atoms with Crippen LogP contribution in [0, 0.1) is 23.1 Å². The maximum Gasteiger partial charge on any atom is 0.252 e. The molecule has 5 heteroatoms. The summed E-state index contributed by atoms with van der Waals surface area (Å²) in [5.74, 6) is 0.215. The summed E-state index contributed by atoms with van der Waals surface area (Å²) >= 11 is 0. The highest BCUT2D eigenvalue weighted by Gasteiger charge is 2.18. The first-order valence-corrected chi connectivity index (χ1v) is 8.42. The van der Waals surface area contributed by atoms with E-state index in [4.69, 9.17) is 5.26 Å². The van der Waals surface area contributed by atoms with Gasteiger partial charge < -0.3 is 4.98 Å². The number of rotatable bonds is 4. The van der Waals surface area contributed by atoms with Crippen molar-refractivity contribution < 1.29 is 4.39 Å². The summed E-state index contributed by atoms with van der Waals surface area (Å²) in [6.45, 7) is 2.31. The molecule has 0 amide bonds. The normalized spacial score (nSPS) is 16.2. The number of nitrogens with zero attached hydrogens (tertiary/aromatic N) is 2. The molecule has 1 aromatic heterocycles. The van der Waals surface area contributed by atoms with Gasteiger partial charge in [0.05, 0.1) is 5.56 Å². The molecule has 3 rings (SSSR count). The van der Waals surface area contributed by atoms with Crippen LogP contribution in [-0.2, 0) is 6.54 Å². The van der Waals surface area contributed by atoms with Crippen LogP contribution >= 0.6 is 0 Å². The van der Waals surface area contributed by atoms with Gasteiger partial charge in [0.25, 0.3) is 5.56 Å². The molecule has 0 atom stereocenters. The van der Waals surface area contributed by atoms with Crippen LogP contribution in [0.5, 0.6) is 0 Å². The topological polar surface area (TPSA) is 59.9 Å². The lowest BCUT2D eigenvalue weighted by Crippen LogP contribution is -2.34. The summed E-state index contributed by atoms with van der Waals surface area (Å²) in [4.78, 5) is 16.7. The first-order valence-electron chi connectivity index (χ1n) is 8.42. The predicted molar refractivity (Wildman–Crippen MR) is 95.2 cm³/mol. The van der Waals surface area contributed by atoms with Gasteiger partial charge in [-0.25, -0.2) is 4.39 Å². The molecule has 0 spiro atoms. The maximum absolute atomic E-state index is 13.6. The lowest BCUT2D eigenvalue weighted by atomic mass is 9.95. The average Bonchev–Trinajstić information content (AvgIpc) is 2.64. The van der Waals surface area contributed by atoms with E-state index in [0.29, 0.717) is 29.2 Å². The van der Waals surface area contributed by atoms with Crippen LogP contribution in [0.2, 0.25) is 0 Å². The molecule has 0 aliphatic carbocycles. The van der Waals surface area contributed by atoms with Gasteiger partial charge in [-0.3, -0.25) is 9.69 Å². The third kappa shape index (κ3) is 4.43. The van der Waals surface area contributed by atoms with Crippen LogP contribution in [0.3, 0.4) is 0 Å². The standard InChI is InChI=1S/C20H20FN3O/c21-19-4-2-1-3-17(19)6-5-15-7-9-24(10-8-15)14-18-11-16(12-22)13-23-20(18)25/h1-6,11,13,15H,7-10,14H2,(H,23,25). The molecule has 2 aromatic rings. The summed E-state index contributed by atoms with van der Waals surface area (Å²) < 4.78 is 13.6. The van der Waals surface area contributed by atoms with Crippen molar-refractivity contribution in [3.63, 3.8) is 0 Å². The zero-order chi connectivity index (χ0) is 17.6. The number of hydrogen-bond donors (Lipinski definition) is 1. The largest absolute Gasteiger partial charge is 0.328 e. The molecule has 2 heterocycles. The van der Waals surface area contributed by atoms with Gasteiger partial charge in [0.1, 0.15) is 11.9 Å². The van der Waals surface area contributed by atoms with Crippen molar-refractivity contribution in [2.24, 2.45) is 5.92 Å². The van der Waals surface area contributed by atoms with E-state index in [0.717, 1.165) is 25.9 Å². The summed E-state index contributed by atoms with van der Waals surface area (Å²) in [5.41, 5.74) is 1.57. The molecular weight excluding hydrogens is 317 g/mol. The number of allylic oxidation sites excluding steroid dienone is 1. The van der Waals surface area contributed by atoms with Gasteiger partial charge in [0, 0.05) is 23.9 Å². The number of nitrogens with one attached hydrogen (secondary N) is 1. The van der Waals surface area contributed by atoms with Gasteiger partial charge in [-0.15, -0.1) is 0 Å². The highest BCUT2D eigenvalue weighted by Crippen LogP contribution is 2.21. The molecule has 0 unspecified atom stereocenters. The van der Waals surface area contributed by atoms with E-state index in [9.17, 15) is 9.18 Å². The second kappa shape index (κ2) is 7.91. The summed E-state index contributed by atoms with van der Waals surface area (Å²) in [5, 5.41) is 8.95. The molecule has 1 aliphatic rings. The zero-order valence-electron chi connectivity index (χ0n) is 13.9. The number of halogens is 1. The smallest absolute Gasteiger partial charge is 0.252 e. The first-order chi connectivity index (χ1) is 12.2. The minimum atomic E-state index is -0.201. The molecule has 25 heavy (non-hydrogen) atoms. The Morgan fingerprint density at radius 1 is 1.32 bits per heavy atom. The van der Waals surface area contributed by atoms with Gasteiger partial charge >= 0.3 is 0 Å². The molecule has 1 N–H and O–H groups in total. The molecule has 0 radical (unpaired) electrons. The minimum absolute atomic E-state index is 0.138. The molecule has 0 bridgehead atoms. The van der Waals surface area contributed by atoms with Crippen molar-refractivity contribution in [3.05, 3.63) is 75.5 Å². The van der Waals surface area contributed by atoms with Crippen molar-refractivity contribution in [2.45, 2.75) is 19.4 Å². The lowest BCUT2D eigenvalue weighted by molar-refractivity contribution is 0.195. The number of aromatic amines is 1. The van der Waals surface area contributed by atoms with Gasteiger partial charge in [-0.1, -0.05) is 30.4 Å². The van der Waals surface area contributed by atoms with Crippen LogP contribution in [0.1, 0.15) is 29.5 Å². The predicted octanol–water partition coefficient (Wildman–Crippen LogP) is 3.31. The van der Waals surface area contributed by atoms with Crippen molar-refractivity contribution >= 4 is 6.08 Å². The Morgan fingerprint density at radius 3 is 2.80 bits per heavy atom. The van der Waals surface area contributed by atoms with Crippen LogP contribution < -0.4 is 5.56 Å². The second-order valence-electron chi connectivity index (χ2n) is 6.35. The number of H-pyrrole nitrogens is 1. The fourth-order valence-corrected chi connectivity index (χ4v) is 3.11. The number of aromatic nitrogens is 1. The third-order valence-corrected chi connectivity index (χ3v) is 4.59. The third-order valence-electron chi connectivity index (χ3n) is 4.59. The Hall–Kier alpha value is -2.71. The molecule has 128 valence electrons. The highest BCUT2D eigenvalue weighted by atomic mass is 19.1. The number of nitriles is 1. The monoisotopic (exact) mass is 337 g/mol. The molecule has 0 saturated carbocycles. The van der Waals surface area contributed by atoms with Gasteiger partial charge in [-0.05, 0) is 44.0 Å². The summed E-state index contributed by atoms with van der Waals surface area (Å²) in [6, 6.07) is 10.5. The quantitative estimate of drug-likeness (QED) is 0.931. The average molecular weight is 337 g/mol. The molecular formula is C20H20FN3O. The van der Waals surface area contributed by atoms with Crippen LogP contribution in [0.4, 0.5) is 4.39 Å². The Labute approximate surface area is 146 Å². The number of piperidine rings is 1. The number of benzene rings is 1. The van der Waals surface area contributed by atoms with Crippen molar-refractivity contribution in [1.29, 1.82) is 5.26 Å². The Balaban J connectivity index is 1.57. The Morgan fingerprint density at radius 2 is 2.08 bits per heavy atom. The van der Waals surface area contributed by atoms with Gasteiger partial charge in [0.15, 0.2) is 0 Å². The molecule has 4 nitrogen and oxygen atoms in total. The van der Waals surface area contributed by atoms with Crippen molar-refractivity contribution in [1.82, 2.24) is 9.88 Å². The van der Waals surface area contributed by atoms with Crippen LogP contribution in [0.15, 0.2) is 47.4 Å². The molecule has 1 fully saturated rings. The number of hydrogen-bond acceptors (Lipinski definition) is 3. The van der Waals surface area contributed by atoms with E-state index in [2.05, 4.69) is 16.0 Å². The Kier molecular flexibility index (Phi) is 5.42. The lowest BCUT2D eigenvalue weighted by Gasteiger charge is -2.30. The first kappa shape index (κ1) is 17.1. The second-order valence-corrected chi connectivity index (χ2v) is 6.35. The zero-order valence-corrected chi connectivity index (χ0v) is 13.9. The van der Waals surface area contributed by atoms with E-state index in [1.165, 1.54) is 12.3 Å². The Bertz CT molecular complexity index is 858. The van der Waals surface area contributed by atoms with E-state index in [-0.39, 0.29) is 11.4 Å². The SMILES string of the molecule is N#Cc1c[nH]c(=O)c(CN2CCC(C=Cc3ccccc3F)CC2)c1. The fourth-order valence-electron chi connectivity index (χ4n) is 3.11. The van der Waals surface area contributed by atoms with Gasteiger partial charge in [0.2, 0.25) is 0 Å². The maximum atomic E-state index is 13.6. The van der Waals surface area contributed by atoms with Gasteiger partial charge in [-0.2, -0.15) is 5.26 Å². The minimum Gasteiger partial charge on any atom is -0.328 e. The molecule has 1 saturated heterocycles. The van der Waals surface area contributed by atoms with E-state index >= 15 is 0 Å².